The van der Waals surface area contributed by atoms with E-state index >= 15 is 0 Å². The Bertz CT molecular complexity index is 707. The first-order valence-electron chi connectivity index (χ1n) is 7.78. The number of fused-ring (bicyclic) bond motifs is 1. The second kappa shape index (κ2) is 5.03. The molecule has 4 heteroatoms. The Balaban J connectivity index is 1.90. The van der Waals surface area contributed by atoms with Crippen LogP contribution in [0.1, 0.15) is 43.1 Å². The normalized spacial score (nSPS) is 18.3. The number of nitrogens with zero attached hydrogens (tertiary/aromatic N) is 3. The van der Waals surface area contributed by atoms with Crippen molar-refractivity contribution in [2.45, 2.75) is 38.1 Å². The van der Waals surface area contributed by atoms with Gasteiger partial charge in [-0.15, -0.1) is 11.6 Å². The van der Waals surface area contributed by atoms with Crippen LogP contribution >= 0.6 is 11.6 Å². The van der Waals surface area contributed by atoms with E-state index in [9.17, 15) is 5.26 Å². The molecule has 1 aromatic carbocycles. The molecule has 0 atom stereocenters. The lowest BCUT2D eigenvalue weighted by Crippen LogP contribution is -2.17. The minimum absolute atomic E-state index is 0.571. The van der Waals surface area contributed by atoms with Crippen molar-refractivity contribution in [1.82, 2.24) is 9.55 Å². The largest absolute Gasteiger partial charge is 0.324 e. The lowest BCUT2D eigenvalue weighted by Gasteiger charge is -2.21. The summed E-state index contributed by atoms with van der Waals surface area (Å²) < 4.78 is 2.42. The van der Waals surface area contributed by atoms with Gasteiger partial charge in [0.05, 0.1) is 22.7 Å². The lowest BCUT2D eigenvalue weighted by atomic mass is 10.1. The predicted octanol–water partition coefficient (Wildman–Crippen LogP) is 4.05. The zero-order valence-corrected chi connectivity index (χ0v) is 12.7. The van der Waals surface area contributed by atoms with Crippen LogP contribution in [0, 0.1) is 23.2 Å². The lowest BCUT2D eigenvalue weighted by molar-refractivity contribution is 0.393. The van der Waals surface area contributed by atoms with Crippen LogP contribution < -0.4 is 0 Å². The van der Waals surface area contributed by atoms with Gasteiger partial charge < -0.3 is 4.57 Å². The van der Waals surface area contributed by atoms with Crippen LogP contribution in [-0.2, 0) is 6.42 Å². The molecule has 0 N–H and O–H groups in total. The molecule has 108 valence electrons. The molecule has 2 fully saturated rings. The average molecular weight is 300 g/mol. The maximum Gasteiger partial charge on any atom is 0.111 e. The molecular formula is C17H18ClN3. The highest BCUT2D eigenvalue weighted by atomic mass is 35.5. The Morgan fingerprint density at radius 1 is 1.29 bits per heavy atom. The maximum absolute atomic E-state index is 9.18. The van der Waals surface area contributed by atoms with Gasteiger partial charge in [-0.05, 0) is 55.7 Å². The molecule has 0 spiro atoms. The Kier molecular flexibility index (Phi) is 3.15. The monoisotopic (exact) mass is 299 g/mol. The summed E-state index contributed by atoms with van der Waals surface area (Å²) in [6.45, 7) is 0. The third-order valence-corrected chi connectivity index (χ3v) is 4.91. The molecule has 2 aromatic rings. The molecule has 0 amide bonds. The van der Waals surface area contributed by atoms with Gasteiger partial charge in [0.2, 0.25) is 0 Å². The van der Waals surface area contributed by atoms with Crippen LogP contribution in [0.2, 0.25) is 0 Å². The summed E-state index contributed by atoms with van der Waals surface area (Å²) in [4.78, 5) is 4.79. The number of aromatic nitrogens is 2. The number of rotatable bonds is 5. The Labute approximate surface area is 129 Å². The van der Waals surface area contributed by atoms with E-state index in [1.54, 1.807) is 0 Å². The van der Waals surface area contributed by atoms with Crippen LogP contribution in [0.5, 0.6) is 0 Å². The van der Waals surface area contributed by atoms with Crippen molar-refractivity contribution in [3.63, 3.8) is 0 Å². The van der Waals surface area contributed by atoms with E-state index in [2.05, 4.69) is 10.6 Å². The molecule has 0 bridgehead atoms. The Hall–Kier alpha value is -1.53. The second-order valence-corrected chi connectivity index (χ2v) is 6.70. The summed E-state index contributed by atoms with van der Waals surface area (Å²) in [5, 5.41) is 9.18. The van der Waals surface area contributed by atoms with Gasteiger partial charge in [-0.2, -0.15) is 5.26 Å². The van der Waals surface area contributed by atoms with Gasteiger partial charge in [-0.1, -0.05) is 0 Å². The van der Waals surface area contributed by atoms with Crippen molar-refractivity contribution in [3.05, 3.63) is 29.6 Å². The molecule has 2 aliphatic rings. The molecule has 3 nitrogen and oxygen atoms in total. The fourth-order valence-electron chi connectivity index (χ4n) is 3.49. The minimum Gasteiger partial charge on any atom is -0.324 e. The van der Waals surface area contributed by atoms with Gasteiger partial charge in [0, 0.05) is 18.3 Å². The van der Waals surface area contributed by atoms with E-state index in [1.165, 1.54) is 25.7 Å². The maximum atomic E-state index is 9.18. The molecule has 1 aromatic heterocycles. The first-order chi connectivity index (χ1) is 10.3. The number of halogens is 1. The number of imidazole rings is 1. The SMILES string of the molecule is N#Cc1ccc2nc(CCCl)n(C(C3CC3)C3CC3)c2c1. The highest BCUT2D eigenvalue weighted by Crippen LogP contribution is 2.53. The molecule has 0 unspecified atom stereocenters. The molecule has 2 saturated carbocycles. The summed E-state index contributed by atoms with van der Waals surface area (Å²) in [6, 6.07) is 8.64. The van der Waals surface area contributed by atoms with Gasteiger partial charge in [0.15, 0.2) is 0 Å². The third kappa shape index (κ3) is 2.32. The van der Waals surface area contributed by atoms with Crippen molar-refractivity contribution in [2.24, 2.45) is 11.8 Å². The molecule has 0 aliphatic heterocycles. The fraction of sp³-hybridized carbons (Fsp3) is 0.529. The smallest absolute Gasteiger partial charge is 0.111 e. The summed E-state index contributed by atoms with van der Waals surface area (Å²) in [5.41, 5.74) is 2.84. The van der Waals surface area contributed by atoms with E-state index in [-0.39, 0.29) is 0 Å². The van der Waals surface area contributed by atoms with Crippen LogP contribution in [0.15, 0.2) is 18.2 Å². The zero-order valence-electron chi connectivity index (χ0n) is 11.9. The van der Waals surface area contributed by atoms with Gasteiger partial charge in [-0.25, -0.2) is 4.98 Å². The molecular weight excluding hydrogens is 282 g/mol. The summed E-state index contributed by atoms with van der Waals surface area (Å²) in [6.07, 6.45) is 6.13. The predicted molar refractivity (Wildman–Crippen MR) is 83.4 cm³/mol. The molecule has 4 rings (SSSR count). The number of hydrogen-bond donors (Lipinski definition) is 0. The first kappa shape index (κ1) is 13.2. The quantitative estimate of drug-likeness (QED) is 0.782. The highest BCUT2D eigenvalue weighted by molar-refractivity contribution is 6.17. The summed E-state index contributed by atoms with van der Waals surface area (Å²) >= 11 is 5.98. The van der Waals surface area contributed by atoms with Gasteiger partial charge in [0.25, 0.3) is 0 Å². The van der Waals surface area contributed by atoms with Crippen LogP contribution in [0.25, 0.3) is 11.0 Å². The molecule has 0 radical (unpaired) electrons. The minimum atomic E-state index is 0.571. The number of nitriles is 1. The Morgan fingerprint density at radius 2 is 2.00 bits per heavy atom. The average Bonchev–Trinajstić information content (AvgIpc) is 3.39. The van der Waals surface area contributed by atoms with Crippen LogP contribution in [-0.4, -0.2) is 15.4 Å². The van der Waals surface area contributed by atoms with Gasteiger partial charge >= 0.3 is 0 Å². The van der Waals surface area contributed by atoms with Crippen LogP contribution in [0.4, 0.5) is 0 Å². The summed E-state index contributed by atoms with van der Waals surface area (Å²) in [7, 11) is 0. The number of hydrogen-bond acceptors (Lipinski definition) is 2. The van der Waals surface area contributed by atoms with Crippen molar-refractivity contribution in [3.8, 4) is 6.07 Å². The van der Waals surface area contributed by atoms with Gasteiger partial charge in [0.1, 0.15) is 5.82 Å². The van der Waals surface area contributed by atoms with Gasteiger partial charge in [-0.3, -0.25) is 0 Å². The number of aryl methyl sites for hydroxylation is 1. The van der Waals surface area contributed by atoms with Crippen LogP contribution in [0.3, 0.4) is 0 Å². The standard InChI is InChI=1S/C17H18ClN3/c18-8-7-16-20-14-6-1-11(10-19)9-15(14)21(16)17(12-2-3-12)13-4-5-13/h1,6,9,12-13,17H,2-5,7-8H2. The number of benzene rings is 1. The van der Waals surface area contributed by atoms with E-state index in [4.69, 9.17) is 16.6 Å². The first-order valence-corrected chi connectivity index (χ1v) is 8.32. The summed E-state index contributed by atoms with van der Waals surface area (Å²) in [5.74, 6) is 3.29. The molecule has 0 saturated heterocycles. The van der Waals surface area contributed by atoms with Crippen molar-refractivity contribution in [1.29, 1.82) is 5.26 Å². The molecule has 2 aliphatic carbocycles. The van der Waals surface area contributed by atoms with Crippen molar-refractivity contribution in [2.75, 3.05) is 5.88 Å². The van der Waals surface area contributed by atoms with E-state index in [0.29, 0.717) is 17.5 Å². The van der Waals surface area contributed by atoms with E-state index < -0.39 is 0 Å². The van der Waals surface area contributed by atoms with E-state index in [1.807, 2.05) is 18.2 Å². The third-order valence-electron chi connectivity index (χ3n) is 4.72. The number of alkyl halides is 1. The molecule has 21 heavy (non-hydrogen) atoms. The second-order valence-electron chi connectivity index (χ2n) is 6.32. The highest BCUT2D eigenvalue weighted by Gasteiger charge is 2.43. The van der Waals surface area contributed by atoms with E-state index in [0.717, 1.165) is 35.1 Å². The molecule has 1 heterocycles. The van der Waals surface area contributed by atoms with Crippen molar-refractivity contribution < 1.29 is 0 Å². The topological polar surface area (TPSA) is 41.6 Å². The zero-order chi connectivity index (χ0) is 14.4. The van der Waals surface area contributed by atoms with Crippen molar-refractivity contribution >= 4 is 22.6 Å². The fourth-order valence-corrected chi connectivity index (χ4v) is 3.66. The Morgan fingerprint density at radius 3 is 2.57 bits per heavy atom.